The Morgan fingerprint density at radius 1 is 0.962 bits per heavy atom. The lowest BCUT2D eigenvalue weighted by molar-refractivity contribution is 0.0685. The third kappa shape index (κ3) is 8.58. The van der Waals surface area contributed by atoms with Crippen LogP contribution in [0.5, 0.6) is 11.6 Å². The summed E-state index contributed by atoms with van der Waals surface area (Å²) >= 11 is 5.74. The molecule has 0 radical (unpaired) electrons. The molecule has 6 rings (SSSR count). The van der Waals surface area contributed by atoms with Crippen LogP contribution in [0.2, 0.25) is 5.02 Å². The highest BCUT2D eigenvalue weighted by molar-refractivity contribution is 7.92. The van der Waals surface area contributed by atoms with Crippen molar-refractivity contribution in [1.82, 2.24) is 19.9 Å². The molecule has 5 aromatic rings. The van der Waals surface area contributed by atoms with Gasteiger partial charge in [0, 0.05) is 42.5 Å². The number of pyridine rings is 1. The molecule has 1 aliphatic heterocycles. The molecule has 0 unspecified atom stereocenters. The summed E-state index contributed by atoms with van der Waals surface area (Å²) in [7, 11) is -4.64. The number of nitrogens with one attached hydrogen (secondary N) is 1. The second-order valence-electron chi connectivity index (χ2n) is 11.8. The van der Waals surface area contributed by atoms with Crippen molar-refractivity contribution in [1.29, 1.82) is 0 Å². The fourth-order valence-corrected chi connectivity index (χ4v) is 6.73. The zero-order valence-electron chi connectivity index (χ0n) is 27.5. The molecule has 0 aliphatic carbocycles. The summed E-state index contributed by atoms with van der Waals surface area (Å²) in [6.07, 6.45) is 1.13. The predicted molar refractivity (Wildman–Crippen MR) is 185 cm³/mol. The molecule has 11 nitrogen and oxygen atoms in total. The molecule has 18 heteroatoms. The molecule has 0 spiro atoms. The maximum atomic E-state index is 15.6. The molecular weight excluding hydrogens is 747 g/mol. The first-order chi connectivity index (χ1) is 25.3. The van der Waals surface area contributed by atoms with Crippen LogP contribution < -0.4 is 14.4 Å². The zero-order chi connectivity index (χ0) is 37.9. The minimum Gasteiger partial charge on any atom is -0.445 e. The summed E-state index contributed by atoms with van der Waals surface area (Å²) in [4.78, 5) is 26.6. The van der Waals surface area contributed by atoms with Gasteiger partial charge in [-0.3, -0.25) is 0 Å². The van der Waals surface area contributed by atoms with Gasteiger partial charge in [0.2, 0.25) is 27.7 Å². The van der Waals surface area contributed by atoms with Crippen molar-refractivity contribution < 1.29 is 44.6 Å². The average molecular weight is 775 g/mol. The van der Waals surface area contributed by atoms with Crippen LogP contribution in [0.4, 0.5) is 44.1 Å². The number of sulfonamides is 1. The number of amides is 1. The molecule has 3 aromatic carbocycles. The third-order valence-corrected chi connectivity index (χ3v) is 9.15. The molecule has 53 heavy (non-hydrogen) atoms. The number of alkyl halides is 1. The summed E-state index contributed by atoms with van der Waals surface area (Å²) in [6.45, 7) is -0.0650. The summed E-state index contributed by atoms with van der Waals surface area (Å²) in [5.41, 5.74) is -1.20. The number of anilines is 3. The number of hydrogen-bond donors (Lipinski definition) is 1. The Morgan fingerprint density at radius 3 is 2.47 bits per heavy atom. The Morgan fingerprint density at radius 2 is 1.74 bits per heavy atom. The van der Waals surface area contributed by atoms with E-state index in [1.807, 2.05) is 6.07 Å². The largest absolute Gasteiger partial charge is 0.445 e. The van der Waals surface area contributed by atoms with Gasteiger partial charge in [0.15, 0.2) is 17.4 Å². The third-order valence-electron chi connectivity index (χ3n) is 7.87. The first-order valence-corrected chi connectivity index (χ1v) is 18.0. The molecule has 1 fully saturated rings. The fourth-order valence-electron chi connectivity index (χ4n) is 5.57. The van der Waals surface area contributed by atoms with Crippen molar-refractivity contribution in [3.8, 4) is 22.9 Å². The lowest BCUT2D eigenvalue weighted by Crippen LogP contribution is -2.50. The van der Waals surface area contributed by atoms with Gasteiger partial charge in [-0.2, -0.15) is 4.39 Å². The van der Waals surface area contributed by atoms with Crippen LogP contribution in [0.1, 0.15) is 12.0 Å². The molecule has 1 saturated heterocycles. The van der Waals surface area contributed by atoms with Gasteiger partial charge < -0.3 is 19.7 Å². The van der Waals surface area contributed by atoms with Gasteiger partial charge in [-0.15, -0.1) is 0 Å². The average Bonchev–Trinajstić information content (AvgIpc) is 3.12. The van der Waals surface area contributed by atoms with Gasteiger partial charge in [-0.05, 0) is 42.0 Å². The summed E-state index contributed by atoms with van der Waals surface area (Å²) < 4.78 is 112. The molecule has 2 atom stereocenters. The van der Waals surface area contributed by atoms with Crippen molar-refractivity contribution in [3.63, 3.8) is 0 Å². The van der Waals surface area contributed by atoms with E-state index in [1.165, 1.54) is 35.5 Å². The summed E-state index contributed by atoms with van der Waals surface area (Å²) in [5, 5.41) is 2.88. The number of aromatic nitrogens is 3. The van der Waals surface area contributed by atoms with E-state index in [0.29, 0.717) is 12.3 Å². The van der Waals surface area contributed by atoms with E-state index in [4.69, 9.17) is 21.1 Å². The molecule has 3 heterocycles. The molecule has 276 valence electrons. The quantitative estimate of drug-likeness (QED) is 0.112. The van der Waals surface area contributed by atoms with Crippen LogP contribution >= 0.6 is 11.6 Å². The lowest BCUT2D eigenvalue weighted by atomic mass is 10.0. The van der Waals surface area contributed by atoms with Gasteiger partial charge in [0.05, 0.1) is 29.7 Å². The number of rotatable bonds is 10. The molecule has 1 N–H and O–H groups in total. The Labute approximate surface area is 305 Å². The van der Waals surface area contributed by atoms with Crippen LogP contribution in [-0.2, 0) is 21.4 Å². The maximum Gasteiger partial charge on any atom is 0.410 e. The normalized spacial score (nSPS) is 15.9. The van der Waals surface area contributed by atoms with Crippen molar-refractivity contribution in [2.45, 2.75) is 25.2 Å². The van der Waals surface area contributed by atoms with E-state index < -0.39 is 68.7 Å². The second-order valence-corrected chi connectivity index (χ2v) is 14.1. The number of hydrogen-bond acceptors (Lipinski definition) is 9. The van der Waals surface area contributed by atoms with Crippen LogP contribution in [0.15, 0.2) is 85.2 Å². The molecule has 0 saturated carbocycles. The summed E-state index contributed by atoms with van der Waals surface area (Å²) in [5.74, 6) is -8.01. The highest BCUT2D eigenvalue weighted by atomic mass is 35.5. The van der Waals surface area contributed by atoms with Crippen molar-refractivity contribution in [3.05, 3.63) is 119 Å². The molecule has 2 aromatic heterocycles. The standard InChI is InChI=1S/C35H28ClF5N6O5S/c1-53(49,50)47(28-10-9-21(36)14-25(28)38)32-26(39)16-29(30(40)31(32)41)52-33-24(8-5-12-42-33)27-11-13-43-34(45-27)44-23-15-22(37)17-46(18-23)35(48)51-19-20-6-3-2-4-7-20/h2-14,16,22-23H,15,17-19H2,1H3,(H,43,44,45)/t22-,23-/m0/s1. The smallest absolute Gasteiger partial charge is 0.410 e. The number of halogens is 6. The van der Waals surface area contributed by atoms with Crippen molar-refractivity contribution >= 4 is 45.0 Å². The van der Waals surface area contributed by atoms with Gasteiger partial charge in [-0.1, -0.05) is 41.9 Å². The van der Waals surface area contributed by atoms with Gasteiger partial charge in [0.25, 0.3) is 0 Å². The first-order valence-electron chi connectivity index (χ1n) is 15.7. The topological polar surface area (TPSA) is 127 Å². The zero-order valence-corrected chi connectivity index (χ0v) is 29.1. The molecule has 1 amide bonds. The molecule has 1 aliphatic rings. The number of carbonyl (C=O) groups is 1. The summed E-state index contributed by atoms with van der Waals surface area (Å²) in [6, 6.07) is 15.8. The van der Waals surface area contributed by atoms with E-state index in [9.17, 15) is 22.0 Å². The van der Waals surface area contributed by atoms with E-state index in [1.54, 1.807) is 24.3 Å². The van der Waals surface area contributed by atoms with Crippen LogP contribution in [0.25, 0.3) is 11.3 Å². The highest BCUT2D eigenvalue weighted by Crippen LogP contribution is 2.41. The SMILES string of the molecule is CS(=O)(=O)N(c1ccc(Cl)cc1F)c1c(F)cc(Oc2ncccc2-c2ccnc(N[C@H]3C[C@H](F)CN(C(=O)OCc4ccccc4)C3)n2)c(F)c1F. The Hall–Kier alpha value is -5.55. The van der Waals surface area contributed by atoms with E-state index in [0.717, 1.165) is 23.8 Å². The molecule has 0 bridgehead atoms. The molecular formula is C35H28ClF5N6O5S. The van der Waals surface area contributed by atoms with E-state index in [2.05, 4.69) is 20.3 Å². The number of carbonyl (C=O) groups excluding carboxylic acids is 1. The lowest BCUT2D eigenvalue weighted by Gasteiger charge is -2.34. The first kappa shape index (κ1) is 37.2. The van der Waals surface area contributed by atoms with Gasteiger partial charge in [-0.25, -0.2) is 50.0 Å². The predicted octanol–water partition coefficient (Wildman–Crippen LogP) is 7.80. The number of benzene rings is 3. The number of nitrogens with zero attached hydrogens (tertiary/aromatic N) is 5. The second kappa shape index (κ2) is 15.6. The van der Waals surface area contributed by atoms with Crippen LogP contribution in [-0.4, -0.2) is 65.9 Å². The van der Waals surface area contributed by atoms with E-state index >= 15 is 13.2 Å². The van der Waals surface area contributed by atoms with Crippen molar-refractivity contribution in [2.75, 3.05) is 29.0 Å². The van der Waals surface area contributed by atoms with Crippen molar-refractivity contribution in [2.24, 2.45) is 0 Å². The highest BCUT2D eigenvalue weighted by Gasteiger charge is 2.34. The Balaban J connectivity index is 1.22. The minimum atomic E-state index is -4.64. The Kier molecular flexibility index (Phi) is 10.9. The van der Waals surface area contributed by atoms with E-state index in [-0.39, 0.29) is 58.5 Å². The monoisotopic (exact) mass is 774 g/mol. The maximum absolute atomic E-state index is 15.6. The minimum absolute atomic E-state index is 0.0156. The van der Waals surface area contributed by atoms with Gasteiger partial charge >= 0.3 is 6.09 Å². The van der Waals surface area contributed by atoms with Crippen LogP contribution in [0, 0.1) is 23.3 Å². The number of likely N-dealkylation sites (tertiary alicyclic amines) is 1. The fraction of sp³-hybridized carbons (Fsp3) is 0.200. The number of ether oxygens (including phenoxy) is 2. The number of piperidine rings is 1. The Bertz CT molecular complexity index is 2260. The van der Waals surface area contributed by atoms with Crippen LogP contribution in [0.3, 0.4) is 0 Å². The van der Waals surface area contributed by atoms with Gasteiger partial charge in [0.1, 0.15) is 24.3 Å².